The van der Waals surface area contributed by atoms with E-state index in [2.05, 4.69) is 9.69 Å². The van der Waals surface area contributed by atoms with Gasteiger partial charge >= 0.3 is 0 Å². The molecule has 2 aromatic heterocycles. The highest BCUT2D eigenvalue weighted by Crippen LogP contribution is 2.13. The molecule has 0 aliphatic heterocycles. The molecule has 0 aromatic carbocycles. The Bertz CT molecular complexity index is 493. The van der Waals surface area contributed by atoms with Gasteiger partial charge in [0.15, 0.2) is 0 Å². The monoisotopic (exact) mass is 252 g/mol. The van der Waals surface area contributed by atoms with E-state index in [-0.39, 0.29) is 12.5 Å². The highest BCUT2D eigenvalue weighted by molar-refractivity contribution is 7.03. The second-order valence-electron chi connectivity index (χ2n) is 3.55. The normalized spacial score (nSPS) is 12.4. The smallest absolute Gasteiger partial charge is 0.254 e. The summed E-state index contributed by atoms with van der Waals surface area (Å²) in [6.07, 6.45) is 0.647. The van der Waals surface area contributed by atoms with Gasteiger partial charge in [-0.2, -0.15) is 4.37 Å². The minimum absolute atomic E-state index is 0.113. The second kappa shape index (κ2) is 5.11. The summed E-state index contributed by atoms with van der Waals surface area (Å²) in [5.41, 5.74) is 1.24. The van der Waals surface area contributed by atoms with Gasteiger partial charge in [-0.3, -0.25) is 4.79 Å². The number of aryl methyl sites for hydroxylation is 1. The largest absolute Gasteiger partial charge is 0.467 e. The third-order valence-electron chi connectivity index (χ3n) is 2.32. The number of hydrogen-bond donors (Lipinski definition) is 2. The molecule has 2 aromatic rings. The number of aliphatic hydroxyl groups is 1. The molecule has 0 aliphatic rings. The molecule has 0 fully saturated rings. The Hall–Kier alpha value is -1.66. The van der Waals surface area contributed by atoms with Crippen molar-refractivity contribution in [2.75, 3.05) is 6.54 Å². The lowest BCUT2D eigenvalue weighted by Gasteiger charge is -2.08. The Morgan fingerprint density at radius 2 is 2.53 bits per heavy atom. The zero-order chi connectivity index (χ0) is 12.3. The van der Waals surface area contributed by atoms with Gasteiger partial charge in [0.1, 0.15) is 11.9 Å². The number of aromatic nitrogens is 1. The van der Waals surface area contributed by atoms with Crippen LogP contribution in [-0.4, -0.2) is 21.9 Å². The third-order valence-corrected chi connectivity index (χ3v) is 3.04. The molecule has 1 amide bonds. The first-order valence-electron chi connectivity index (χ1n) is 5.09. The molecule has 90 valence electrons. The maximum Gasteiger partial charge on any atom is 0.254 e. The zero-order valence-corrected chi connectivity index (χ0v) is 10.0. The Morgan fingerprint density at radius 1 is 1.71 bits per heavy atom. The van der Waals surface area contributed by atoms with Crippen LogP contribution in [0.5, 0.6) is 0 Å². The molecule has 5 nitrogen and oxygen atoms in total. The van der Waals surface area contributed by atoms with Gasteiger partial charge in [0.05, 0.1) is 24.1 Å². The van der Waals surface area contributed by atoms with E-state index in [0.29, 0.717) is 17.0 Å². The number of aliphatic hydroxyl groups excluding tert-OH is 1. The summed E-state index contributed by atoms with van der Waals surface area (Å²) in [6, 6.07) is 3.35. The van der Waals surface area contributed by atoms with Crippen LogP contribution in [0, 0.1) is 6.92 Å². The Labute approximate surface area is 102 Å². The summed E-state index contributed by atoms with van der Waals surface area (Å²) in [4.78, 5) is 11.7. The summed E-state index contributed by atoms with van der Waals surface area (Å²) in [7, 11) is 0. The molecule has 0 saturated carbocycles. The van der Waals surface area contributed by atoms with E-state index in [1.165, 1.54) is 17.8 Å². The second-order valence-corrected chi connectivity index (χ2v) is 4.18. The fraction of sp³-hybridized carbons (Fsp3) is 0.273. The predicted octanol–water partition coefficient (Wildman–Crippen LogP) is 1.51. The maximum absolute atomic E-state index is 11.7. The van der Waals surface area contributed by atoms with Crippen molar-refractivity contribution >= 4 is 17.4 Å². The van der Waals surface area contributed by atoms with Crippen molar-refractivity contribution in [3.63, 3.8) is 0 Å². The summed E-state index contributed by atoms with van der Waals surface area (Å²) >= 11 is 1.23. The van der Waals surface area contributed by atoms with E-state index < -0.39 is 6.10 Å². The van der Waals surface area contributed by atoms with E-state index in [0.717, 1.165) is 0 Å². The molecule has 2 N–H and O–H groups in total. The van der Waals surface area contributed by atoms with Crippen LogP contribution in [0.1, 0.15) is 27.9 Å². The van der Waals surface area contributed by atoms with Gasteiger partial charge in [0.25, 0.3) is 5.91 Å². The Morgan fingerprint density at radius 3 is 3.12 bits per heavy atom. The summed E-state index contributed by atoms with van der Waals surface area (Å²) in [5.74, 6) is 0.201. The molecule has 1 unspecified atom stereocenters. The minimum Gasteiger partial charge on any atom is -0.467 e. The predicted molar refractivity (Wildman–Crippen MR) is 62.9 cm³/mol. The van der Waals surface area contributed by atoms with Gasteiger partial charge in [-0.05, 0) is 30.6 Å². The number of rotatable bonds is 4. The quantitative estimate of drug-likeness (QED) is 0.864. The van der Waals surface area contributed by atoms with Gasteiger partial charge in [0.2, 0.25) is 0 Å². The Balaban J connectivity index is 1.91. The van der Waals surface area contributed by atoms with Crippen molar-refractivity contribution in [3.05, 3.63) is 40.8 Å². The highest BCUT2D eigenvalue weighted by atomic mass is 32.1. The molecule has 2 rings (SSSR count). The highest BCUT2D eigenvalue weighted by Gasteiger charge is 2.15. The summed E-state index contributed by atoms with van der Waals surface area (Å²) < 4.78 is 9.04. The first-order chi connectivity index (χ1) is 8.18. The van der Waals surface area contributed by atoms with E-state index >= 15 is 0 Å². The standard InChI is InChI=1S/C11H12N2O3S/c1-7-8(6-17-13-7)11(15)12-5-9(14)10-3-2-4-16-10/h2-4,6,9,14H,5H2,1H3,(H,12,15). The fourth-order valence-electron chi connectivity index (χ4n) is 1.38. The lowest BCUT2D eigenvalue weighted by atomic mass is 10.2. The molecule has 2 heterocycles. The maximum atomic E-state index is 11.7. The first-order valence-corrected chi connectivity index (χ1v) is 5.93. The SMILES string of the molecule is Cc1nscc1C(=O)NCC(O)c1ccco1. The van der Waals surface area contributed by atoms with Crippen LogP contribution in [-0.2, 0) is 0 Å². The summed E-state index contributed by atoms with van der Waals surface area (Å²) in [5, 5.41) is 14.0. The lowest BCUT2D eigenvalue weighted by Crippen LogP contribution is -2.28. The molecule has 0 radical (unpaired) electrons. The van der Waals surface area contributed by atoms with Gasteiger partial charge in [-0.1, -0.05) is 0 Å². The van der Waals surface area contributed by atoms with Crippen molar-refractivity contribution in [2.24, 2.45) is 0 Å². The average Bonchev–Trinajstić information content (AvgIpc) is 2.95. The van der Waals surface area contributed by atoms with Crippen LogP contribution in [0.2, 0.25) is 0 Å². The van der Waals surface area contributed by atoms with Crippen LogP contribution in [0.4, 0.5) is 0 Å². The van der Waals surface area contributed by atoms with Crippen molar-refractivity contribution in [2.45, 2.75) is 13.0 Å². The molecule has 6 heteroatoms. The van der Waals surface area contributed by atoms with Crippen LogP contribution < -0.4 is 5.32 Å². The number of nitrogens with zero attached hydrogens (tertiary/aromatic N) is 1. The van der Waals surface area contributed by atoms with Crippen LogP contribution in [0.3, 0.4) is 0 Å². The number of carbonyl (C=O) groups is 1. The topological polar surface area (TPSA) is 75.4 Å². The molecule has 1 atom stereocenters. The van der Waals surface area contributed by atoms with Crippen molar-refractivity contribution in [1.82, 2.24) is 9.69 Å². The first kappa shape index (κ1) is 11.8. The number of furan rings is 1. The van der Waals surface area contributed by atoms with Crippen LogP contribution in [0.15, 0.2) is 28.2 Å². The molecular formula is C11H12N2O3S. The fourth-order valence-corrected chi connectivity index (χ4v) is 2.07. The van der Waals surface area contributed by atoms with Crippen molar-refractivity contribution in [3.8, 4) is 0 Å². The molecule has 0 aliphatic carbocycles. The van der Waals surface area contributed by atoms with E-state index in [4.69, 9.17) is 4.42 Å². The number of carbonyl (C=O) groups excluding carboxylic acids is 1. The average molecular weight is 252 g/mol. The van der Waals surface area contributed by atoms with Gasteiger partial charge < -0.3 is 14.8 Å². The van der Waals surface area contributed by atoms with Gasteiger partial charge in [-0.15, -0.1) is 0 Å². The van der Waals surface area contributed by atoms with Crippen LogP contribution in [0.25, 0.3) is 0 Å². The van der Waals surface area contributed by atoms with Crippen molar-refractivity contribution in [1.29, 1.82) is 0 Å². The number of nitrogens with one attached hydrogen (secondary N) is 1. The van der Waals surface area contributed by atoms with E-state index in [9.17, 15) is 9.90 Å². The van der Waals surface area contributed by atoms with E-state index in [1.807, 2.05) is 0 Å². The van der Waals surface area contributed by atoms with Gasteiger partial charge in [0, 0.05) is 5.38 Å². The third kappa shape index (κ3) is 2.72. The number of amides is 1. The molecular weight excluding hydrogens is 240 g/mol. The molecule has 17 heavy (non-hydrogen) atoms. The number of hydrogen-bond acceptors (Lipinski definition) is 5. The molecule has 0 bridgehead atoms. The van der Waals surface area contributed by atoms with Crippen LogP contribution >= 0.6 is 11.5 Å². The van der Waals surface area contributed by atoms with Gasteiger partial charge in [-0.25, -0.2) is 0 Å². The zero-order valence-electron chi connectivity index (χ0n) is 9.21. The Kier molecular flexibility index (Phi) is 3.55. The molecule has 0 spiro atoms. The minimum atomic E-state index is -0.833. The lowest BCUT2D eigenvalue weighted by molar-refractivity contribution is 0.0900. The molecule has 0 saturated heterocycles. The van der Waals surface area contributed by atoms with Crippen molar-refractivity contribution < 1.29 is 14.3 Å². The van der Waals surface area contributed by atoms with E-state index in [1.54, 1.807) is 24.4 Å². The summed E-state index contributed by atoms with van der Waals surface area (Å²) in [6.45, 7) is 1.88.